The molecule has 1 aliphatic rings. The van der Waals surface area contributed by atoms with Crippen molar-refractivity contribution in [2.45, 2.75) is 20.1 Å². The lowest BCUT2D eigenvalue weighted by Crippen LogP contribution is -2.27. The van der Waals surface area contributed by atoms with Gasteiger partial charge in [0.25, 0.3) is 11.1 Å². The van der Waals surface area contributed by atoms with Crippen molar-refractivity contribution in [1.29, 1.82) is 0 Å². The zero-order chi connectivity index (χ0) is 26.5. The third-order valence-electron chi connectivity index (χ3n) is 5.16. The van der Waals surface area contributed by atoms with Crippen LogP contribution >= 0.6 is 23.4 Å². The second-order valence-corrected chi connectivity index (χ2v) is 9.10. The lowest BCUT2D eigenvalue weighted by Gasteiger charge is -2.15. The minimum atomic E-state index is -0.660. The third-order valence-corrected chi connectivity index (χ3v) is 6.35. The summed E-state index contributed by atoms with van der Waals surface area (Å²) < 4.78 is 34.7. The van der Waals surface area contributed by atoms with Gasteiger partial charge in [-0.05, 0) is 72.3 Å². The summed E-state index contributed by atoms with van der Waals surface area (Å²) in [7, 11) is 1.22. The zero-order valence-corrected chi connectivity index (χ0v) is 21.4. The van der Waals surface area contributed by atoms with Crippen molar-refractivity contribution in [1.82, 2.24) is 4.90 Å². The van der Waals surface area contributed by atoms with Gasteiger partial charge in [-0.2, -0.15) is 0 Å². The van der Waals surface area contributed by atoms with Gasteiger partial charge in [0.15, 0.2) is 11.5 Å². The van der Waals surface area contributed by atoms with Gasteiger partial charge in [0, 0.05) is 0 Å². The van der Waals surface area contributed by atoms with Crippen LogP contribution < -0.4 is 9.47 Å². The summed E-state index contributed by atoms with van der Waals surface area (Å²) in [4.78, 5) is 38.2. The molecule has 0 N–H and O–H groups in total. The highest BCUT2D eigenvalue weighted by Gasteiger charge is 2.36. The first-order valence-electron chi connectivity index (χ1n) is 11.0. The molecule has 11 heteroatoms. The van der Waals surface area contributed by atoms with Gasteiger partial charge in [-0.15, -0.1) is 0 Å². The van der Waals surface area contributed by atoms with Crippen molar-refractivity contribution in [3.63, 3.8) is 0 Å². The number of hydrogen-bond acceptors (Lipinski definition) is 8. The number of carbonyl (C=O) groups is 3. The number of ether oxygens (including phenoxy) is 3. The Bertz CT molecular complexity index is 1370. The van der Waals surface area contributed by atoms with Crippen molar-refractivity contribution in [2.75, 3.05) is 13.7 Å². The van der Waals surface area contributed by atoms with Gasteiger partial charge in [0.2, 0.25) is 5.76 Å². The lowest BCUT2D eigenvalue weighted by atomic mass is 10.1. The summed E-state index contributed by atoms with van der Waals surface area (Å²) in [5.74, 6) is -0.635. The molecule has 3 aromatic rings. The predicted octanol–water partition coefficient (Wildman–Crippen LogP) is 6.07. The van der Waals surface area contributed by atoms with Crippen LogP contribution in [0.2, 0.25) is 5.02 Å². The number of benzene rings is 2. The molecule has 1 aromatic heterocycles. The minimum Gasteiger partial charge on any atom is -0.490 e. The Morgan fingerprint density at radius 1 is 1.14 bits per heavy atom. The largest absolute Gasteiger partial charge is 0.490 e. The Kier molecular flexibility index (Phi) is 8.20. The molecule has 0 spiro atoms. The van der Waals surface area contributed by atoms with Gasteiger partial charge < -0.3 is 18.6 Å². The quantitative estimate of drug-likeness (QED) is 0.236. The maximum absolute atomic E-state index is 13.2. The molecule has 8 nitrogen and oxygen atoms in total. The topological polar surface area (TPSA) is 95.3 Å². The minimum absolute atomic E-state index is 0.0279. The number of hydrogen-bond donors (Lipinski definition) is 0. The molecule has 0 radical (unpaired) electrons. The van der Waals surface area contributed by atoms with E-state index in [1.807, 2.05) is 0 Å². The Morgan fingerprint density at radius 3 is 2.59 bits per heavy atom. The second kappa shape index (κ2) is 11.5. The zero-order valence-electron chi connectivity index (χ0n) is 19.8. The van der Waals surface area contributed by atoms with Crippen LogP contribution in [0.3, 0.4) is 0 Å². The number of furan rings is 1. The van der Waals surface area contributed by atoms with Crippen molar-refractivity contribution < 1.29 is 37.4 Å². The number of carbonyl (C=O) groups excluding carboxylic acids is 3. The molecule has 2 aromatic carbocycles. The van der Waals surface area contributed by atoms with E-state index in [2.05, 4.69) is 4.74 Å². The molecule has 37 heavy (non-hydrogen) atoms. The van der Waals surface area contributed by atoms with Crippen molar-refractivity contribution in [3.05, 3.63) is 86.9 Å². The van der Waals surface area contributed by atoms with Crippen LogP contribution in [0.25, 0.3) is 6.08 Å². The van der Waals surface area contributed by atoms with E-state index in [4.69, 9.17) is 25.5 Å². The van der Waals surface area contributed by atoms with E-state index >= 15 is 0 Å². The van der Waals surface area contributed by atoms with Gasteiger partial charge >= 0.3 is 5.97 Å². The normalized spacial score (nSPS) is 14.4. The second-order valence-electron chi connectivity index (χ2n) is 7.70. The number of nitrogens with zero attached hydrogens (tertiary/aromatic N) is 1. The van der Waals surface area contributed by atoms with E-state index in [1.54, 1.807) is 31.2 Å². The highest BCUT2D eigenvalue weighted by Crippen LogP contribution is 2.40. The number of amides is 2. The molecular weight excluding hydrogens is 525 g/mol. The van der Waals surface area contributed by atoms with E-state index in [-0.39, 0.29) is 40.4 Å². The van der Waals surface area contributed by atoms with Crippen LogP contribution in [-0.2, 0) is 22.7 Å². The fraction of sp³-hybridized carbons (Fsp3) is 0.192. The van der Waals surface area contributed by atoms with Crippen LogP contribution in [0.1, 0.15) is 34.4 Å². The van der Waals surface area contributed by atoms with Crippen molar-refractivity contribution in [2.24, 2.45) is 0 Å². The maximum Gasteiger partial charge on any atom is 0.373 e. The van der Waals surface area contributed by atoms with Crippen LogP contribution in [0.5, 0.6) is 11.5 Å². The van der Waals surface area contributed by atoms with Gasteiger partial charge in [-0.1, -0.05) is 23.7 Å². The molecule has 4 rings (SSSR count). The maximum atomic E-state index is 13.2. The summed E-state index contributed by atoms with van der Waals surface area (Å²) in [5, 5.41) is -0.243. The third kappa shape index (κ3) is 6.15. The fourth-order valence-corrected chi connectivity index (χ4v) is 4.54. The molecule has 0 aliphatic carbocycles. The molecule has 0 unspecified atom stereocenters. The number of imide groups is 1. The summed E-state index contributed by atoms with van der Waals surface area (Å²) in [6, 6.07) is 12.0. The smallest absolute Gasteiger partial charge is 0.373 e. The van der Waals surface area contributed by atoms with Gasteiger partial charge in [-0.3, -0.25) is 14.5 Å². The molecule has 0 bridgehead atoms. The van der Waals surface area contributed by atoms with E-state index < -0.39 is 17.1 Å². The molecule has 0 saturated carbocycles. The molecular formula is C26H21ClFNO7S. The number of methoxy groups -OCH3 is 1. The number of thioether (sulfide) groups is 1. The monoisotopic (exact) mass is 545 g/mol. The average molecular weight is 546 g/mol. The standard InChI is InChI=1S/C26H21ClFNO7S/c1-3-34-21-11-16(10-19(27)23(21)35-14-15-4-6-17(28)7-5-15)12-22-24(30)29(26(32)37-22)13-18-8-9-20(36-18)25(31)33-2/h4-12H,3,13-14H2,1-2H3/b22-12+. The molecule has 0 atom stereocenters. The van der Waals surface area contributed by atoms with Crippen LogP contribution in [0, 0.1) is 5.82 Å². The van der Waals surface area contributed by atoms with Crippen LogP contribution in [-0.4, -0.2) is 35.7 Å². The molecule has 1 fully saturated rings. The molecule has 1 saturated heterocycles. The Hall–Kier alpha value is -3.76. The molecule has 2 amide bonds. The predicted molar refractivity (Wildman–Crippen MR) is 135 cm³/mol. The Labute approximate surface area is 220 Å². The first-order chi connectivity index (χ1) is 17.8. The average Bonchev–Trinajstić information content (AvgIpc) is 3.45. The fourth-order valence-electron chi connectivity index (χ4n) is 3.43. The highest BCUT2D eigenvalue weighted by molar-refractivity contribution is 8.18. The van der Waals surface area contributed by atoms with Gasteiger partial charge in [0.1, 0.15) is 18.2 Å². The number of esters is 1. The van der Waals surface area contributed by atoms with Gasteiger partial charge in [-0.25, -0.2) is 9.18 Å². The lowest BCUT2D eigenvalue weighted by molar-refractivity contribution is -0.123. The van der Waals surface area contributed by atoms with E-state index in [9.17, 15) is 18.8 Å². The number of rotatable bonds is 9. The summed E-state index contributed by atoms with van der Waals surface area (Å²) in [6.45, 7) is 2.14. The SMILES string of the molecule is CCOc1cc(/C=C2/SC(=O)N(Cc3ccc(C(=O)OC)o3)C2=O)cc(Cl)c1OCc1ccc(F)cc1. The molecule has 2 heterocycles. The summed E-state index contributed by atoms with van der Waals surface area (Å²) >= 11 is 7.25. The highest BCUT2D eigenvalue weighted by atomic mass is 35.5. The van der Waals surface area contributed by atoms with E-state index in [0.29, 0.717) is 23.7 Å². The Balaban J connectivity index is 1.52. The van der Waals surface area contributed by atoms with Gasteiger partial charge in [0.05, 0.1) is 30.2 Å². The van der Waals surface area contributed by atoms with Crippen molar-refractivity contribution >= 4 is 46.6 Å². The van der Waals surface area contributed by atoms with Crippen molar-refractivity contribution in [3.8, 4) is 11.5 Å². The van der Waals surface area contributed by atoms with E-state index in [0.717, 1.165) is 22.2 Å². The molecule has 192 valence electrons. The van der Waals surface area contributed by atoms with Crippen LogP contribution in [0.15, 0.2) is 57.9 Å². The van der Waals surface area contributed by atoms with E-state index in [1.165, 1.54) is 37.5 Å². The first-order valence-corrected chi connectivity index (χ1v) is 12.2. The number of halogens is 2. The first kappa shape index (κ1) is 26.3. The Morgan fingerprint density at radius 2 is 1.89 bits per heavy atom. The van der Waals surface area contributed by atoms with Crippen LogP contribution in [0.4, 0.5) is 9.18 Å². The molecule has 1 aliphatic heterocycles. The summed E-state index contributed by atoms with van der Waals surface area (Å²) in [6.07, 6.45) is 1.53. The summed E-state index contributed by atoms with van der Waals surface area (Å²) in [5.41, 5.74) is 1.27.